The Kier molecular flexibility index (Phi) is 6.72. The molecule has 32 heavy (non-hydrogen) atoms. The highest BCUT2D eigenvalue weighted by molar-refractivity contribution is 8.01. The molecule has 0 aliphatic heterocycles. The van der Waals surface area contributed by atoms with E-state index in [1.54, 1.807) is 7.11 Å². The number of nitrogens with one attached hydrogen (secondary N) is 2. The van der Waals surface area contributed by atoms with E-state index in [-0.39, 0.29) is 11.7 Å². The van der Waals surface area contributed by atoms with Crippen LogP contribution in [0.4, 0.5) is 16.5 Å². The fourth-order valence-electron chi connectivity index (χ4n) is 3.09. The number of hydrogen-bond acceptors (Lipinski definition) is 8. The van der Waals surface area contributed by atoms with Crippen LogP contribution in [-0.2, 0) is 4.79 Å². The molecule has 0 unspecified atom stereocenters. The van der Waals surface area contributed by atoms with Crippen molar-refractivity contribution in [2.75, 3.05) is 23.5 Å². The van der Waals surface area contributed by atoms with E-state index in [9.17, 15) is 4.79 Å². The lowest BCUT2D eigenvalue weighted by Gasteiger charge is -2.06. The van der Waals surface area contributed by atoms with Crippen LogP contribution in [0.1, 0.15) is 11.4 Å². The van der Waals surface area contributed by atoms with Crippen LogP contribution >= 0.6 is 23.1 Å². The SMILES string of the molecule is COc1cccc(Nc2nnc(SCC(=O)Nc3c(C)nn(-c4ccccc4)c3C)s2)c1. The largest absolute Gasteiger partial charge is 0.497 e. The van der Waals surface area contributed by atoms with E-state index in [2.05, 4.69) is 25.9 Å². The summed E-state index contributed by atoms with van der Waals surface area (Å²) < 4.78 is 7.77. The summed E-state index contributed by atoms with van der Waals surface area (Å²) in [6.45, 7) is 3.83. The number of aryl methyl sites for hydroxylation is 1. The number of thioether (sulfide) groups is 1. The van der Waals surface area contributed by atoms with E-state index in [0.717, 1.165) is 34.2 Å². The molecule has 164 valence electrons. The molecule has 0 bridgehead atoms. The van der Waals surface area contributed by atoms with E-state index < -0.39 is 0 Å². The molecule has 10 heteroatoms. The lowest BCUT2D eigenvalue weighted by Crippen LogP contribution is -2.15. The van der Waals surface area contributed by atoms with Crippen molar-refractivity contribution >= 4 is 45.5 Å². The number of rotatable bonds is 8. The quantitative estimate of drug-likeness (QED) is 0.359. The van der Waals surface area contributed by atoms with Crippen molar-refractivity contribution < 1.29 is 9.53 Å². The fraction of sp³-hybridized carbons (Fsp3) is 0.182. The van der Waals surface area contributed by atoms with Gasteiger partial charge in [-0.05, 0) is 38.1 Å². The molecular formula is C22H22N6O2S2. The summed E-state index contributed by atoms with van der Waals surface area (Å²) in [7, 11) is 1.62. The second kappa shape index (κ2) is 9.84. The Hall–Kier alpha value is -3.37. The highest BCUT2D eigenvalue weighted by atomic mass is 32.2. The third-order valence-electron chi connectivity index (χ3n) is 4.61. The van der Waals surface area contributed by atoms with Crippen LogP contribution in [0.2, 0.25) is 0 Å². The first-order valence-corrected chi connectivity index (χ1v) is 11.6. The number of hydrogen-bond donors (Lipinski definition) is 2. The zero-order chi connectivity index (χ0) is 22.5. The van der Waals surface area contributed by atoms with Crippen LogP contribution in [0, 0.1) is 13.8 Å². The summed E-state index contributed by atoms with van der Waals surface area (Å²) in [6, 6.07) is 17.4. The van der Waals surface area contributed by atoms with Gasteiger partial charge in [0.1, 0.15) is 5.75 Å². The summed E-state index contributed by atoms with van der Waals surface area (Å²) >= 11 is 2.73. The van der Waals surface area contributed by atoms with Crippen molar-refractivity contribution in [3.05, 3.63) is 66.0 Å². The highest BCUT2D eigenvalue weighted by Gasteiger charge is 2.16. The van der Waals surface area contributed by atoms with Gasteiger partial charge in [-0.2, -0.15) is 5.10 Å². The maximum atomic E-state index is 12.6. The first-order valence-electron chi connectivity index (χ1n) is 9.82. The van der Waals surface area contributed by atoms with Gasteiger partial charge in [-0.15, -0.1) is 10.2 Å². The van der Waals surface area contributed by atoms with E-state index in [1.165, 1.54) is 23.1 Å². The Labute approximate surface area is 194 Å². The molecule has 2 heterocycles. The number of methoxy groups -OCH3 is 1. The van der Waals surface area contributed by atoms with Gasteiger partial charge in [0.15, 0.2) is 4.34 Å². The molecule has 0 saturated heterocycles. The predicted octanol–water partition coefficient (Wildman–Crippen LogP) is 4.82. The van der Waals surface area contributed by atoms with E-state index >= 15 is 0 Å². The number of aromatic nitrogens is 4. The Morgan fingerprint density at radius 2 is 1.94 bits per heavy atom. The third kappa shape index (κ3) is 5.09. The molecule has 4 aromatic rings. The maximum Gasteiger partial charge on any atom is 0.234 e. The van der Waals surface area contributed by atoms with Gasteiger partial charge in [0, 0.05) is 11.8 Å². The fourth-order valence-corrected chi connectivity index (χ4v) is 4.66. The third-order valence-corrected chi connectivity index (χ3v) is 6.58. The number of carbonyl (C=O) groups is 1. The summed E-state index contributed by atoms with van der Waals surface area (Å²) in [4.78, 5) is 12.6. The number of amides is 1. The van der Waals surface area contributed by atoms with Crippen molar-refractivity contribution in [2.24, 2.45) is 0 Å². The topological polar surface area (TPSA) is 94.0 Å². The molecule has 0 radical (unpaired) electrons. The zero-order valence-electron chi connectivity index (χ0n) is 17.8. The van der Waals surface area contributed by atoms with Crippen LogP contribution < -0.4 is 15.4 Å². The van der Waals surface area contributed by atoms with Gasteiger partial charge in [-0.1, -0.05) is 47.4 Å². The Bertz CT molecular complexity index is 1220. The van der Waals surface area contributed by atoms with Gasteiger partial charge < -0.3 is 15.4 Å². The highest BCUT2D eigenvalue weighted by Crippen LogP contribution is 2.29. The average molecular weight is 467 g/mol. The van der Waals surface area contributed by atoms with Crippen molar-refractivity contribution in [3.63, 3.8) is 0 Å². The molecule has 0 saturated carbocycles. The smallest absolute Gasteiger partial charge is 0.234 e. The Morgan fingerprint density at radius 1 is 1.12 bits per heavy atom. The maximum absolute atomic E-state index is 12.6. The van der Waals surface area contributed by atoms with Crippen LogP contribution in [-0.4, -0.2) is 38.7 Å². The van der Waals surface area contributed by atoms with E-state index in [0.29, 0.717) is 9.47 Å². The normalized spacial score (nSPS) is 10.7. The molecule has 0 aliphatic carbocycles. The number of benzene rings is 2. The van der Waals surface area contributed by atoms with Crippen LogP contribution in [0.5, 0.6) is 5.75 Å². The lowest BCUT2D eigenvalue weighted by molar-refractivity contribution is -0.113. The molecule has 2 aromatic heterocycles. The number of nitrogens with zero attached hydrogens (tertiary/aromatic N) is 4. The first-order chi connectivity index (χ1) is 15.5. The van der Waals surface area contributed by atoms with Gasteiger partial charge in [-0.25, -0.2) is 4.68 Å². The lowest BCUT2D eigenvalue weighted by atomic mass is 10.3. The van der Waals surface area contributed by atoms with Crippen molar-refractivity contribution in [2.45, 2.75) is 18.2 Å². The standard InChI is InChI=1S/C22H22N6O2S2/c1-14-20(15(2)28(27-14)17-9-5-4-6-10-17)24-19(29)13-31-22-26-25-21(32-22)23-16-8-7-11-18(12-16)30-3/h4-12H,13H2,1-3H3,(H,23,25)(H,24,29). The van der Waals surface area contributed by atoms with Crippen molar-refractivity contribution in [1.29, 1.82) is 0 Å². The zero-order valence-corrected chi connectivity index (χ0v) is 19.5. The van der Waals surface area contributed by atoms with Gasteiger partial charge in [0.05, 0.1) is 35.6 Å². The minimum atomic E-state index is -0.119. The molecule has 1 amide bonds. The number of anilines is 3. The molecule has 4 rings (SSSR count). The van der Waals surface area contributed by atoms with E-state index in [4.69, 9.17) is 4.74 Å². The number of para-hydroxylation sites is 1. The van der Waals surface area contributed by atoms with Gasteiger partial charge in [-0.3, -0.25) is 4.79 Å². The van der Waals surface area contributed by atoms with Crippen LogP contribution in [0.25, 0.3) is 5.69 Å². The second-order valence-corrected chi connectivity index (χ2v) is 9.06. The summed E-state index contributed by atoms with van der Waals surface area (Å²) in [6.07, 6.45) is 0. The molecule has 2 N–H and O–H groups in total. The minimum absolute atomic E-state index is 0.119. The molecule has 0 fully saturated rings. The van der Waals surface area contributed by atoms with Crippen LogP contribution in [0.3, 0.4) is 0 Å². The summed E-state index contributed by atoms with van der Waals surface area (Å²) in [5, 5.41) is 19.7. The van der Waals surface area contributed by atoms with Gasteiger partial charge >= 0.3 is 0 Å². The summed E-state index contributed by atoms with van der Waals surface area (Å²) in [5.74, 6) is 0.863. The van der Waals surface area contributed by atoms with Gasteiger partial charge in [0.25, 0.3) is 0 Å². The molecule has 0 spiro atoms. The van der Waals surface area contributed by atoms with Crippen LogP contribution in [0.15, 0.2) is 58.9 Å². The molecule has 2 aromatic carbocycles. The molecule has 8 nitrogen and oxygen atoms in total. The van der Waals surface area contributed by atoms with Crippen molar-refractivity contribution in [3.8, 4) is 11.4 Å². The Balaban J connectivity index is 1.35. The monoisotopic (exact) mass is 466 g/mol. The van der Waals surface area contributed by atoms with Crippen molar-refractivity contribution in [1.82, 2.24) is 20.0 Å². The predicted molar refractivity (Wildman–Crippen MR) is 129 cm³/mol. The minimum Gasteiger partial charge on any atom is -0.497 e. The second-order valence-electron chi connectivity index (χ2n) is 6.86. The first kappa shape index (κ1) is 21.8. The van der Waals surface area contributed by atoms with Gasteiger partial charge in [0.2, 0.25) is 11.0 Å². The Morgan fingerprint density at radius 3 is 2.72 bits per heavy atom. The number of carbonyl (C=O) groups excluding carboxylic acids is 1. The van der Waals surface area contributed by atoms with E-state index in [1.807, 2.05) is 73.1 Å². The molecule has 0 atom stereocenters. The molecular weight excluding hydrogens is 444 g/mol. The average Bonchev–Trinajstić information content (AvgIpc) is 3.37. The summed E-state index contributed by atoms with van der Waals surface area (Å²) in [5.41, 5.74) is 4.19. The molecule has 0 aliphatic rings. The number of ether oxygens (including phenoxy) is 1.